The van der Waals surface area contributed by atoms with Crippen molar-refractivity contribution in [3.8, 4) is 0 Å². The van der Waals surface area contributed by atoms with Gasteiger partial charge in [-0.25, -0.2) is 4.98 Å². The smallest absolute Gasteiger partial charge is 0.290 e. The molecule has 9 heteroatoms. The summed E-state index contributed by atoms with van der Waals surface area (Å²) in [5.74, 6) is 1.69. The largest absolute Gasteiger partial charge is 0.483 e. The van der Waals surface area contributed by atoms with Crippen LogP contribution in [0.4, 0.5) is 0 Å². The molecule has 9 nitrogen and oxygen atoms in total. The lowest BCUT2D eigenvalue weighted by molar-refractivity contribution is -0.153. The predicted molar refractivity (Wildman–Crippen MR) is 117 cm³/mol. The van der Waals surface area contributed by atoms with Gasteiger partial charge in [-0.1, -0.05) is 0 Å². The number of likely N-dealkylation sites (tertiary alicyclic amines) is 1. The van der Waals surface area contributed by atoms with Crippen molar-refractivity contribution in [2.24, 2.45) is 17.8 Å². The molecule has 4 aliphatic rings. The lowest BCUT2D eigenvalue weighted by Crippen LogP contribution is -2.67. The summed E-state index contributed by atoms with van der Waals surface area (Å²) in [5.41, 5.74) is 1.27. The normalized spacial score (nSPS) is 29.5. The Kier molecular flexibility index (Phi) is 7.13. The summed E-state index contributed by atoms with van der Waals surface area (Å²) < 4.78 is 2.22. The first-order chi connectivity index (χ1) is 15.5. The Morgan fingerprint density at radius 2 is 2.03 bits per heavy atom. The van der Waals surface area contributed by atoms with E-state index in [9.17, 15) is 9.59 Å². The first-order valence-corrected chi connectivity index (χ1v) is 11.9. The third kappa shape index (κ3) is 4.82. The van der Waals surface area contributed by atoms with E-state index in [-0.39, 0.29) is 24.3 Å². The molecule has 5 rings (SSSR count). The fourth-order valence-electron chi connectivity index (χ4n) is 5.95. The number of aromatic nitrogens is 2. The zero-order chi connectivity index (χ0) is 22.7. The topological polar surface area (TPSA) is 108 Å². The molecule has 4 heterocycles. The third-order valence-electron chi connectivity index (χ3n) is 7.53. The van der Waals surface area contributed by atoms with E-state index in [0.29, 0.717) is 36.8 Å². The van der Waals surface area contributed by atoms with Gasteiger partial charge in [0, 0.05) is 57.3 Å². The van der Waals surface area contributed by atoms with Gasteiger partial charge in [0.05, 0.1) is 18.1 Å². The molecule has 3 aliphatic heterocycles. The molecule has 32 heavy (non-hydrogen) atoms. The van der Waals surface area contributed by atoms with Crippen LogP contribution in [-0.4, -0.2) is 74.5 Å². The number of hydrogen-bond acceptors (Lipinski definition) is 5. The maximum atomic E-state index is 12.9. The summed E-state index contributed by atoms with van der Waals surface area (Å²) >= 11 is 0. The predicted octanol–water partition coefficient (Wildman–Crippen LogP) is 1.33. The number of nitrogens with zero attached hydrogens (tertiary/aromatic N) is 4. The van der Waals surface area contributed by atoms with Gasteiger partial charge in [0.25, 0.3) is 6.47 Å². The Balaban J connectivity index is 0.000000775. The zero-order valence-corrected chi connectivity index (χ0v) is 18.9. The minimum Gasteiger partial charge on any atom is -0.483 e. The molecule has 1 saturated carbocycles. The van der Waals surface area contributed by atoms with Crippen LogP contribution in [0, 0.1) is 17.8 Å². The van der Waals surface area contributed by atoms with Crippen molar-refractivity contribution in [2.75, 3.05) is 19.6 Å². The first-order valence-electron chi connectivity index (χ1n) is 11.9. The van der Waals surface area contributed by atoms with Crippen molar-refractivity contribution >= 4 is 18.3 Å². The van der Waals surface area contributed by atoms with Crippen molar-refractivity contribution in [3.63, 3.8) is 0 Å². The van der Waals surface area contributed by atoms with Crippen LogP contribution in [0.15, 0.2) is 12.5 Å². The summed E-state index contributed by atoms with van der Waals surface area (Å²) in [5, 5.41) is 10.1. The Morgan fingerprint density at radius 3 is 2.75 bits per heavy atom. The molecule has 1 aliphatic carbocycles. The van der Waals surface area contributed by atoms with E-state index in [1.165, 1.54) is 12.1 Å². The summed E-state index contributed by atoms with van der Waals surface area (Å²) in [6, 6.07) is 0.486. The van der Waals surface area contributed by atoms with Crippen molar-refractivity contribution < 1.29 is 19.5 Å². The van der Waals surface area contributed by atoms with Gasteiger partial charge in [0.1, 0.15) is 0 Å². The molecular weight excluding hydrogens is 410 g/mol. The standard InChI is InChI=1S/C22H33N5O2.CH2O2/c1-2-26-14-23-9-18(26)13-25-11-16-8-17(12-25)20(10-24-22(29)15-6-7-15)27-19(16)4-3-5-21(27)28;2-1-3/h9,14-17,19-20H,2-8,10-13H2,1H3,(H,24,29);1H,(H,2,3)/t16-,17+,19+,20+;/m1./s1. The molecular formula is C23H35N5O4. The van der Waals surface area contributed by atoms with E-state index < -0.39 is 0 Å². The highest BCUT2D eigenvalue weighted by molar-refractivity contribution is 5.81. The molecule has 0 aromatic carbocycles. The van der Waals surface area contributed by atoms with Gasteiger partial charge in [-0.3, -0.25) is 19.3 Å². The summed E-state index contributed by atoms with van der Waals surface area (Å²) in [6.07, 6.45) is 9.90. The average molecular weight is 446 g/mol. The second-order valence-electron chi connectivity index (χ2n) is 9.57. The molecule has 2 N–H and O–H groups in total. The number of aryl methyl sites for hydroxylation is 1. The molecule has 3 saturated heterocycles. The summed E-state index contributed by atoms with van der Waals surface area (Å²) in [7, 11) is 0. The van der Waals surface area contributed by atoms with Gasteiger partial charge < -0.3 is 19.9 Å². The second-order valence-corrected chi connectivity index (χ2v) is 9.57. The van der Waals surface area contributed by atoms with Crippen molar-refractivity contribution in [1.82, 2.24) is 24.7 Å². The van der Waals surface area contributed by atoms with E-state index in [2.05, 4.69) is 31.6 Å². The van der Waals surface area contributed by atoms with Gasteiger partial charge in [-0.05, 0) is 50.9 Å². The fourth-order valence-corrected chi connectivity index (χ4v) is 5.95. The number of amides is 2. The maximum absolute atomic E-state index is 12.9. The molecule has 0 radical (unpaired) electrons. The third-order valence-corrected chi connectivity index (χ3v) is 7.53. The molecule has 4 atom stereocenters. The van der Waals surface area contributed by atoms with Crippen LogP contribution in [0.3, 0.4) is 0 Å². The molecule has 2 bridgehead atoms. The van der Waals surface area contributed by atoms with Gasteiger partial charge in [-0.15, -0.1) is 0 Å². The van der Waals surface area contributed by atoms with Crippen molar-refractivity contribution in [1.29, 1.82) is 0 Å². The van der Waals surface area contributed by atoms with Gasteiger partial charge >= 0.3 is 0 Å². The van der Waals surface area contributed by atoms with Crippen molar-refractivity contribution in [2.45, 2.75) is 70.6 Å². The highest BCUT2D eigenvalue weighted by Crippen LogP contribution is 2.42. The number of carbonyl (C=O) groups is 3. The van der Waals surface area contributed by atoms with Crippen LogP contribution in [0.5, 0.6) is 0 Å². The summed E-state index contributed by atoms with van der Waals surface area (Å²) in [6.45, 7) is 6.43. The van der Waals surface area contributed by atoms with E-state index in [4.69, 9.17) is 9.90 Å². The molecule has 4 fully saturated rings. The molecule has 1 aromatic rings. The van der Waals surface area contributed by atoms with E-state index in [1.807, 2.05) is 12.5 Å². The van der Waals surface area contributed by atoms with E-state index in [1.54, 1.807) is 0 Å². The minimum atomic E-state index is -0.250. The number of piperidine rings is 3. The Labute approximate surface area is 189 Å². The molecule has 0 unspecified atom stereocenters. The van der Waals surface area contributed by atoms with Crippen LogP contribution in [0.1, 0.15) is 51.1 Å². The van der Waals surface area contributed by atoms with Crippen LogP contribution in [0.2, 0.25) is 0 Å². The monoisotopic (exact) mass is 445 g/mol. The second kappa shape index (κ2) is 10.0. The number of imidazole rings is 1. The Bertz CT molecular complexity index is 823. The lowest BCUT2D eigenvalue weighted by Gasteiger charge is -2.56. The lowest BCUT2D eigenvalue weighted by atomic mass is 9.72. The minimum absolute atomic E-state index is 0.144. The van der Waals surface area contributed by atoms with Crippen LogP contribution in [0.25, 0.3) is 0 Å². The number of fused-ring (bicyclic) bond motifs is 4. The van der Waals surface area contributed by atoms with E-state index >= 15 is 0 Å². The van der Waals surface area contributed by atoms with Gasteiger partial charge in [-0.2, -0.15) is 0 Å². The van der Waals surface area contributed by atoms with Crippen LogP contribution >= 0.6 is 0 Å². The maximum Gasteiger partial charge on any atom is 0.290 e. The van der Waals surface area contributed by atoms with Crippen molar-refractivity contribution in [3.05, 3.63) is 18.2 Å². The van der Waals surface area contributed by atoms with E-state index in [0.717, 1.165) is 51.9 Å². The molecule has 1 aromatic heterocycles. The Hall–Kier alpha value is -2.42. The van der Waals surface area contributed by atoms with Crippen LogP contribution < -0.4 is 5.32 Å². The number of hydrogen-bond donors (Lipinski definition) is 2. The Morgan fingerprint density at radius 1 is 1.28 bits per heavy atom. The van der Waals surface area contributed by atoms with Gasteiger partial charge in [0.2, 0.25) is 11.8 Å². The molecule has 176 valence electrons. The first kappa shape index (κ1) is 22.8. The SMILES string of the molecule is CCn1cncc1CN1C[C@H]2C[C@@H](C1)[C@H](CNC(=O)C1CC1)N1C(=O)CCC[C@@H]21.O=CO. The summed E-state index contributed by atoms with van der Waals surface area (Å²) in [4.78, 5) is 42.6. The average Bonchev–Trinajstić information content (AvgIpc) is 3.54. The highest BCUT2D eigenvalue weighted by atomic mass is 16.3. The van der Waals surface area contributed by atoms with Gasteiger partial charge in [0.15, 0.2) is 0 Å². The fraction of sp³-hybridized carbons (Fsp3) is 0.739. The molecule has 0 spiro atoms. The number of carboxylic acid groups (broad SMARTS) is 1. The number of rotatable bonds is 6. The quantitative estimate of drug-likeness (QED) is 0.640. The molecule has 2 amide bonds. The number of nitrogens with one attached hydrogen (secondary N) is 1. The number of carbonyl (C=O) groups excluding carboxylic acids is 2. The zero-order valence-electron chi connectivity index (χ0n) is 18.9. The highest BCUT2D eigenvalue weighted by Gasteiger charge is 2.49. The van der Waals surface area contributed by atoms with Crippen LogP contribution in [-0.2, 0) is 27.5 Å².